The summed E-state index contributed by atoms with van der Waals surface area (Å²) in [4.78, 5) is 28.3. The van der Waals surface area contributed by atoms with Crippen LogP contribution in [0.15, 0.2) is 24.3 Å². The Morgan fingerprint density at radius 2 is 2.05 bits per heavy atom. The lowest BCUT2D eigenvalue weighted by molar-refractivity contribution is -0.258. The summed E-state index contributed by atoms with van der Waals surface area (Å²) in [6.45, 7) is 0.658. The van der Waals surface area contributed by atoms with E-state index in [0.717, 1.165) is 24.8 Å². The zero-order valence-corrected chi connectivity index (χ0v) is 12.7. The molecule has 6 nitrogen and oxygen atoms in total. The van der Waals surface area contributed by atoms with Crippen LogP contribution in [0, 0.1) is 0 Å². The van der Waals surface area contributed by atoms with Crippen molar-refractivity contribution in [2.24, 2.45) is 0 Å². The average Bonchev–Trinajstić information content (AvgIpc) is 2.53. The quantitative estimate of drug-likeness (QED) is 0.816. The van der Waals surface area contributed by atoms with Gasteiger partial charge in [0.1, 0.15) is 0 Å². The molecule has 22 heavy (non-hydrogen) atoms. The number of hydroxylamine groups is 2. The van der Waals surface area contributed by atoms with Crippen molar-refractivity contribution in [3.8, 4) is 0 Å². The number of nitrogens with zero attached hydrogens (tertiary/aromatic N) is 1. The molecule has 0 spiro atoms. The molecular weight excluding hydrogens is 286 g/mol. The van der Waals surface area contributed by atoms with E-state index in [1.807, 2.05) is 0 Å². The lowest BCUT2D eigenvalue weighted by Crippen LogP contribution is -2.34. The number of hydrogen-bond donors (Lipinski definition) is 1. The Morgan fingerprint density at radius 3 is 2.64 bits per heavy atom. The summed E-state index contributed by atoms with van der Waals surface area (Å²) in [6.07, 6.45) is 3.01. The highest BCUT2D eigenvalue weighted by molar-refractivity contribution is 5.93. The van der Waals surface area contributed by atoms with Crippen LogP contribution in [0.5, 0.6) is 0 Å². The third-order valence-electron chi connectivity index (χ3n) is 3.53. The summed E-state index contributed by atoms with van der Waals surface area (Å²) in [7, 11) is 1.57. The first-order valence-electron chi connectivity index (χ1n) is 7.43. The molecule has 1 fully saturated rings. The SMILES string of the molecule is CN(OC1CCCCO1)C(=O)c1ccc(CCC(=O)O)cc1. The molecule has 0 bridgehead atoms. The van der Waals surface area contributed by atoms with Crippen LogP contribution in [0.4, 0.5) is 0 Å². The Balaban J connectivity index is 1.89. The summed E-state index contributed by atoms with van der Waals surface area (Å²) < 4.78 is 5.44. The van der Waals surface area contributed by atoms with Gasteiger partial charge in [0.2, 0.25) is 0 Å². The maximum atomic E-state index is 12.2. The second-order valence-electron chi connectivity index (χ2n) is 5.29. The van der Waals surface area contributed by atoms with Crippen molar-refractivity contribution in [2.75, 3.05) is 13.7 Å². The van der Waals surface area contributed by atoms with Crippen molar-refractivity contribution in [3.05, 3.63) is 35.4 Å². The van der Waals surface area contributed by atoms with Gasteiger partial charge >= 0.3 is 5.97 Å². The number of carboxylic acid groups (broad SMARTS) is 1. The Labute approximate surface area is 129 Å². The van der Waals surface area contributed by atoms with Gasteiger partial charge in [-0.05, 0) is 37.0 Å². The van der Waals surface area contributed by atoms with Gasteiger partial charge in [-0.1, -0.05) is 12.1 Å². The first-order valence-corrected chi connectivity index (χ1v) is 7.43. The molecule has 0 aliphatic carbocycles. The Kier molecular flexibility index (Phi) is 5.91. The molecule has 1 aromatic rings. The summed E-state index contributed by atoms with van der Waals surface area (Å²) >= 11 is 0. The highest BCUT2D eigenvalue weighted by atomic mass is 16.8. The summed E-state index contributed by atoms with van der Waals surface area (Å²) in [5.74, 6) is -1.08. The van der Waals surface area contributed by atoms with Crippen molar-refractivity contribution < 1.29 is 24.3 Å². The minimum Gasteiger partial charge on any atom is -0.481 e. The van der Waals surface area contributed by atoms with Crippen molar-refractivity contribution >= 4 is 11.9 Å². The number of hydrogen-bond acceptors (Lipinski definition) is 4. The molecule has 0 aromatic heterocycles. The minimum atomic E-state index is -0.833. The maximum Gasteiger partial charge on any atom is 0.303 e. The fraction of sp³-hybridized carbons (Fsp3) is 0.500. The lowest BCUT2D eigenvalue weighted by atomic mass is 10.1. The van der Waals surface area contributed by atoms with E-state index in [9.17, 15) is 9.59 Å². The second kappa shape index (κ2) is 7.91. The minimum absolute atomic E-state index is 0.0787. The van der Waals surface area contributed by atoms with Gasteiger partial charge in [0.05, 0.1) is 0 Å². The predicted octanol–water partition coefficient (Wildman–Crippen LogP) is 2.23. The van der Waals surface area contributed by atoms with E-state index < -0.39 is 5.97 Å². The number of carbonyl (C=O) groups excluding carboxylic acids is 1. The molecule has 1 heterocycles. The standard InChI is InChI=1S/C16H21NO5/c1-17(22-15-4-2-3-11-21-15)16(20)13-8-5-12(6-9-13)7-10-14(18)19/h5-6,8-9,15H,2-4,7,10-11H2,1H3,(H,18,19). The van der Waals surface area contributed by atoms with Gasteiger partial charge in [0, 0.05) is 32.1 Å². The van der Waals surface area contributed by atoms with Gasteiger partial charge < -0.3 is 9.84 Å². The number of aliphatic carboxylic acids is 1. The van der Waals surface area contributed by atoms with Crippen LogP contribution in [-0.2, 0) is 20.8 Å². The molecule has 1 atom stereocenters. The van der Waals surface area contributed by atoms with Gasteiger partial charge in [0.15, 0.2) is 6.29 Å². The third-order valence-corrected chi connectivity index (χ3v) is 3.53. The van der Waals surface area contributed by atoms with E-state index in [2.05, 4.69) is 0 Å². The molecule has 1 aliphatic rings. The zero-order chi connectivity index (χ0) is 15.9. The summed E-state index contributed by atoms with van der Waals surface area (Å²) in [5, 5.41) is 9.85. The molecule has 2 rings (SSSR count). The van der Waals surface area contributed by atoms with Crippen LogP contribution in [0.25, 0.3) is 0 Å². The molecule has 6 heteroatoms. The Morgan fingerprint density at radius 1 is 1.32 bits per heavy atom. The van der Waals surface area contributed by atoms with Crippen LogP contribution < -0.4 is 0 Å². The van der Waals surface area contributed by atoms with Crippen molar-refractivity contribution in [1.82, 2.24) is 5.06 Å². The van der Waals surface area contributed by atoms with Gasteiger partial charge in [-0.15, -0.1) is 0 Å². The molecule has 1 aromatic carbocycles. The highest BCUT2D eigenvalue weighted by Crippen LogP contribution is 2.16. The molecule has 120 valence electrons. The number of rotatable bonds is 6. The van der Waals surface area contributed by atoms with Crippen LogP contribution in [0.1, 0.15) is 41.6 Å². The molecule has 1 aliphatic heterocycles. The lowest BCUT2D eigenvalue weighted by Gasteiger charge is -2.27. The van der Waals surface area contributed by atoms with E-state index in [4.69, 9.17) is 14.7 Å². The second-order valence-corrected chi connectivity index (χ2v) is 5.29. The molecule has 1 saturated heterocycles. The van der Waals surface area contributed by atoms with E-state index in [1.54, 1.807) is 31.3 Å². The third kappa shape index (κ3) is 4.82. The van der Waals surface area contributed by atoms with E-state index in [0.29, 0.717) is 18.6 Å². The molecule has 0 radical (unpaired) electrons. The van der Waals surface area contributed by atoms with Crippen LogP contribution >= 0.6 is 0 Å². The molecule has 1 unspecified atom stereocenters. The highest BCUT2D eigenvalue weighted by Gasteiger charge is 2.20. The number of carbonyl (C=O) groups is 2. The van der Waals surface area contributed by atoms with Crippen LogP contribution in [-0.4, -0.2) is 42.0 Å². The van der Waals surface area contributed by atoms with Crippen molar-refractivity contribution in [1.29, 1.82) is 0 Å². The zero-order valence-electron chi connectivity index (χ0n) is 12.7. The van der Waals surface area contributed by atoms with Crippen LogP contribution in [0.3, 0.4) is 0 Å². The summed E-state index contributed by atoms with van der Waals surface area (Å²) in [5.41, 5.74) is 1.38. The molecule has 1 amide bonds. The van der Waals surface area contributed by atoms with E-state index >= 15 is 0 Å². The van der Waals surface area contributed by atoms with Crippen LogP contribution in [0.2, 0.25) is 0 Å². The van der Waals surface area contributed by atoms with E-state index in [-0.39, 0.29) is 18.6 Å². The normalized spacial score (nSPS) is 18.0. The van der Waals surface area contributed by atoms with Gasteiger partial charge in [-0.25, -0.2) is 9.90 Å². The Hall–Kier alpha value is -1.92. The molecular formula is C16H21NO5. The van der Waals surface area contributed by atoms with Gasteiger partial charge in [-0.2, -0.15) is 0 Å². The summed E-state index contributed by atoms with van der Waals surface area (Å²) in [6, 6.07) is 6.89. The fourth-order valence-corrected chi connectivity index (χ4v) is 2.27. The first-order chi connectivity index (χ1) is 10.6. The number of ether oxygens (including phenoxy) is 1. The Bertz CT molecular complexity index is 508. The van der Waals surface area contributed by atoms with Crippen molar-refractivity contribution in [3.63, 3.8) is 0 Å². The predicted molar refractivity (Wildman–Crippen MR) is 79.2 cm³/mol. The smallest absolute Gasteiger partial charge is 0.303 e. The number of amides is 1. The molecule has 1 N–H and O–H groups in total. The largest absolute Gasteiger partial charge is 0.481 e. The van der Waals surface area contributed by atoms with Crippen molar-refractivity contribution in [2.45, 2.75) is 38.4 Å². The maximum absolute atomic E-state index is 12.2. The topological polar surface area (TPSA) is 76.1 Å². The van der Waals surface area contributed by atoms with E-state index in [1.165, 1.54) is 5.06 Å². The molecule has 0 saturated carbocycles. The number of carboxylic acids is 1. The van der Waals surface area contributed by atoms with Gasteiger partial charge in [-0.3, -0.25) is 9.59 Å². The average molecular weight is 307 g/mol. The number of aryl methyl sites for hydroxylation is 1. The van der Waals surface area contributed by atoms with Gasteiger partial charge in [0.25, 0.3) is 5.91 Å². The fourth-order valence-electron chi connectivity index (χ4n) is 2.27. The number of benzene rings is 1. The monoisotopic (exact) mass is 307 g/mol. The first kappa shape index (κ1) is 16.5.